The second kappa shape index (κ2) is 5.27. The summed E-state index contributed by atoms with van der Waals surface area (Å²) >= 11 is 0. The lowest BCUT2D eigenvalue weighted by Gasteiger charge is -2.16. The summed E-state index contributed by atoms with van der Waals surface area (Å²) in [6.07, 6.45) is 3.88. The van der Waals surface area contributed by atoms with Gasteiger partial charge < -0.3 is 13.9 Å². The van der Waals surface area contributed by atoms with Crippen molar-refractivity contribution in [3.8, 4) is 11.5 Å². The van der Waals surface area contributed by atoms with Gasteiger partial charge in [0.05, 0.1) is 0 Å². The van der Waals surface area contributed by atoms with Crippen LogP contribution in [0.4, 0.5) is 0 Å². The summed E-state index contributed by atoms with van der Waals surface area (Å²) in [4.78, 5) is 11.5. The van der Waals surface area contributed by atoms with Gasteiger partial charge in [-0.15, -0.1) is 0 Å². The Hall–Kier alpha value is -3.01. The van der Waals surface area contributed by atoms with Crippen LogP contribution < -0.4 is 15.1 Å². The minimum Gasteiger partial charge on any atom is -0.449 e. The van der Waals surface area contributed by atoms with Gasteiger partial charge in [0, 0.05) is 30.9 Å². The van der Waals surface area contributed by atoms with Crippen LogP contribution >= 0.6 is 0 Å². The van der Waals surface area contributed by atoms with Gasteiger partial charge in [0.25, 0.3) is 0 Å². The Kier molecular flexibility index (Phi) is 3.20. The molecule has 4 nitrogen and oxygen atoms in total. The zero-order valence-corrected chi connectivity index (χ0v) is 13.4. The van der Waals surface area contributed by atoms with E-state index in [1.54, 1.807) is 6.07 Å². The van der Waals surface area contributed by atoms with Crippen molar-refractivity contribution in [1.82, 2.24) is 0 Å². The largest absolute Gasteiger partial charge is 0.449 e. The average Bonchev–Trinajstić information content (AvgIpc) is 2.85. The minimum atomic E-state index is -0.635. The third-order valence-electron chi connectivity index (χ3n) is 3.81. The van der Waals surface area contributed by atoms with E-state index in [2.05, 4.69) is 0 Å². The number of rotatable bonds is 2. The fourth-order valence-corrected chi connectivity index (χ4v) is 2.78. The van der Waals surface area contributed by atoms with Crippen molar-refractivity contribution in [3.63, 3.8) is 0 Å². The molecule has 0 unspecified atom stereocenters. The zero-order valence-electron chi connectivity index (χ0n) is 13.4. The van der Waals surface area contributed by atoms with Crippen molar-refractivity contribution >= 4 is 23.1 Å². The van der Waals surface area contributed by atoms with E-state index >= 15 is 0 Å². The maximum atomic E-state index is 11.5. The van der Waals surface area contributed by atoms with Crippen LogP contribution in [0.25, 0.3) is 23.1 Å². The smallest absolute Gasteiger partial charge is 0.336 e. The van der Waals surface area contributed by atoms with E-state index in [1.165, 1.54) is 6.07 Å². The van der Waals surface area contributed by atoms with Gasteiger partial charge >= 0.3 is 5.63 Å². The number of para-hydroxylation sites is 1. The van der Waals surface area contributed by atoms with E-state index in [0.717, 1.165) is 28.0 Å². The molecule has 1 aliphatic heterocycles. The number of hydrogen-bond acceptors (Lipinski definition) is 4. The van der Waals surface area contributed by atoms with E-state index in [9.17, 15) is 4.79 Å². The van der Waals surface area contributed by atoms with Gasteiger partial charge in [-0.05, 0) is 23.8 Å². The molecule has 0 aliphatic carbocycles. The number of ether oxygens (including phenoxy) is 2. The molecule has 4 heteroatoms. The molecule has 2 heterocycles. The predicted molar refractivity (Wildman–Crippen MR) is 93.2 cm³/mol. The van der Waals surface area contributed by atoms with E-state index in [0.29, 0.717) is 5.58 Å². The molecule has 0 fully saturated rings. The molecule has 0 saturated heterocycles. The molecular formula is C20H16O4. The standard InChI is InChI=1S/C20H16O4/c1-20(2)23-16-10-7-13(12-17(16)24-20)6-8-14-4-3-5-15-9-11-18(21)22-19(14)15/h3-12H,1-2H3/b8-6+. The molecule has 2 aromatic carbocycles. The van der Waals surface area contributed by atoms with Crippen LogP contribution in [0.3, 0.4) is 0 Å². The quantitative estimate of drug-likeness (QED) is 0.516. The molecule has 4 rings (SSSR count). The average molecular weight is 320 g/mol. The van der Waals surface area contributed by atoms with Crippen LogP contribution in [0.2, 0.25) is 0 Å². The molecule has 0 saturated carbocycles. The van der Waals surface area contributed by atoms with Gasteiger partial charge in [0.15, 0.2) is 11.5 Å². The zero-order chi connectivity index (χ0) is 16.7. The van der Waals surface area contributed by atoms with Gasteiger partial charge in [0.1, 0.15) is 5.58 Å². The van der Waals surface area contributed by atoms with E-state index in [4.69, 9.17) is 13.9 Å². The third-order valence-corrected chi connectivity index (χ3v) is 3.81. The molecule has 1 aliphatic rings. The topological polar surface area (TPSA) is 48.7 Å². The molecule has 0 N–H and O–H groups in total. The molecule has 120 valence electrons. The highest BCUT2D eigenvalue weighted by Crippen LogP contribution is 2.39. The third kappa shape index (κ3) is 2.67. The Bertz CT molecular complexity index is 1010. The highest BCUT2D eigenvalue weighted by Gasteiger charge is 2.31. The van der Waals surface area contributed by atoms with Crippen molar-refractivity contribution in [2.45, 2.75) is 19.6 Å². The number of benzene rings is 2. The lowest BCUT2D eigenvalue weighted by Crippen LogP contribution is -2.29. The van der Waals surface area contributed by atoms with Crippen LogP contribution in [-0.4, -0.2) is 5.79 Å². The first kappa shape index (κ1) is 14.6. The first-order chi connectivity index (χ1) is 11.5. The lowest BCUT2D eigenvalue weighted by atomic mass is 10.1. The monoisotopic (exact) mass is 320 g/mol. The Morgan fingerprint density at radius 1 is 0.917 bits per heavy atom. The second-order valence-corrected chi connectivity index (χ2v) is 6.16. The first-order valence-electron chi connectivity index (χ1n) is 7.73. The van der Waals surface area contributed by atoms with E-state index in [1.807, 2.05) is 62.4 Å². The Morgan fingerprint density at radius 2 is 1.75 bits per heavy atom. The maximum absolute atomic E-state index is 11.5. The Balaban J connectivity index is 1.70. The second-order valence-electron chi connectivity index (χ2n) is 6.16. The molecule has 0 atom stereocenters. The fraction of sp³-hybridized carbons (Fsp3) is 0.150. The normalized spacial score (nSPS) is 15.2. The molecule has 3 aromatic rings. The summed E-state index contributed by atoms with van der Waals surface area (Å²) in [6.45, 7) is 3.75. The van der Waals surface area contributed by atoms with Crippen molar-refractivity contribution < 1.29 is 13.9 Å². The Morgan fingerprint density at radius 3 is 2.62 bits per heavy atom. The van der Waals surface area contributed by atoms with Crippen LogP contribution in [-0.2, 0) is 0 Å². The molecule has 0 bridgehead atoms. The Labute approximate surface area is 138 Å². The van der Waals surface area contributed by atoms with Crippen LogP contribution in [0.5, 0.6) is 11.5 Å². The predicted octanol–water partition coefficient (Wildman–Crippen LogP) is 4.47. The molecule has 0 radical (unpaired) electrons. The van der Waals surface area contributed by atoms with E-state index in [-0.39, 0.29) is 5.63 Å². The van der Waals surface area contributed by atoms with Gasteiger partial charge in [-0.3, -0.25) is 0 Å². The summed E-state index contributed by atoms with van der Waals surface area (Å²) < 4.78 is 16.8. The SMILES string of the molecule is CC1(C)Oc2ccc(/C=C/c3cccc4ccc(=O)oc34)cc2O1. The van der Waals surface area contributed by atoms with Gasteiger partial charge in [-0.1, -0.05) is 36.4 Å². The van der Waals surface area contributed by atoms with E-state index < -0.39 is 5.79 Å². The lowest BCUT2D eigenvalue weighted by molar-refractivity contribution is -0.0431. The minimum absolute atomic E-state index is 0.353. The van der Waals surface area contributed by atoms with Crippen molar-refractivity contribution in [3.05, 3.63) is 70.1 Å². The van der Waals surface area contributed by atoms with Crippen molar-refractivity contribution in [1.29, 1.82) is 0 Å². The van der Waals surface area contributed by atoms with Crippen molar-refractivity contribution in [2.24, 2.45) is 0 Å². The van der Waals surface area contributed by atoms with Gasteiger partial charge in [-0.25, -0.2) is 4.79 Å². The van der Waals surface area contributed by atoms with Crippen LogP contribution in [0.1, 0.15) is 25.0 Å². The van der Waals surface area contributed by atoms with Crippen LogP contribution in [0, 0.1) is 0 Å². The highest BCUT2D eigenvalue weighted by atomic mass is 16.7. The summed E-state index contributed by atoms with van der Waals surface area (Å²) in [6, 6.07) is 14.7. The first-order valence-corrected chi connectivity index (χ1v) is 7.73. The van der Waals surface area contributed by atoms with Gasteiger partial charge in [0.2, 0.25) is 5.79 Å². The molecule has 0 spiro atoms. The molecule has 1 aromatic heterocycles. The maximum Gasteiger partial charge on any atom is 0.336 e. The molecular weight excluding hydrogens is 304 g/mol. The molecule has 0 amide bonds. The number of hydrogen-bond donors (Lipinski definition) is 0. The highest BCUT2D eigenvalue weighted by molar-refractivity contribution is 5.88. The summed E-state index contributed by atoms with van der Waals surface area (Å²) in [7, 11) is 0. The summed E-state index contributed by atoms with van der Waals surface area (Å²) in [5.41, 5.74) is 2.06. The fourth-order valence-electron chi connectivity index (χ4n) is 2.78. The summed E-state index contributed by atoms with van der Waals surface area (Å²) in [5, 5.41) is 0.893. The number of fused-ring (bicyclic) bond motifs is 2. The summed E-state index contributed by atoms with van der Waals surface area (Å²) in [5.74, 6) is 0.837. The van der Waals surface area contributed by atoms with Crippen LogP contribution in [0.15, 0.2) is 57.7 Å². The molecule has 24 heavy (non-hydrogen) atoms. The van der Waals surface area contributed by atoms with Gasteiger partial charge in [-0.2, -0.15) is 0 Å². The van der Waals surface area contributed by atoms with Crippen molar-refractivity contribution in [2.75, 3.05) is 0 Å².